The van der Waals surface area contributed by atoms with Crippen LogP contribution in [0.15, 0.2) is 0 Å². The number of hydrogen-bond acceptors (Lipinski definition) is 9. The molecule has 0 aromatic carbocycles. The van der Waals surface area contributed by atoms with Gasteiger partial charge in [-0.1, -0.05) is 27.2 Å². The van der Waals surface area contributed by atoms with E-state index >= 15 is 0 Å². The molecule has 0 aliphatic heterocycles. The third-order valence-corrected chi connectivity index (χ3v) is 6.28. The molecule has 2 atom stereocenters. The lowest BCUT2D eigenvalue weighted by molar-refractivity contribution is -0.128. The van der Waals surface area contributed by atoms with Gasteiger partial charge in [-0.2, -0.15) is 0 Å². The SMILES string of the molecule is CCCNC(=O)CCOCCOCCOCCOCCC(=O)NCCCC[C@H](CC(=O)[C@@H](NC)C(C)C)C(C)=O. The van der Waals surface area contributed by atoms with E-state index in [9.17, 15) is 19.2 Å². The van der Waals surface area contributed by atoms with Gasteiger partial charge in [0, 0.05) is 38.3 Å². The van der Waals surface area contributed by atoms with E-state index in [4.69, 9.17) is 18.9 Å². The molecular formula is C29H55N3O8. The largest absolute Gasteiger partial charge is 0.379 e. The Morgan fingerprint density at radius 2 is 1.18 bits per heavy atom. The monoisotopic (exact) mass is 573 g/mol. The van der Waals surface area contributed by atoms with Gasteiger partial charge in [0.25, 0.3) is 0 Å². The van der Waals surface area contributed by atoms with Crippen molar-refractivity contribution < 1.29 is 38.1 Å². The molecule has 0 heterocycles. The number of likely N-dealkylation sites (N-methyl/N-ethyl adjacent to an activating group) is 1. The molecule has 0 aromatic rings. The zero-order chi connectivity index (χ0) is 30.0. The minimum Gasteiger partial charge on any atom is -0.379 e. The summed E-state index contributed by atoms with van der Waals surface area (Å²) in [4.78, 5) is 47.9. The van der Waals surface area contributed by atoms with E-state index < -0.39 is 0 Å². The summed E-state index contributed by atoms with van der Waals surface area (Å²) in [7, 11) is 1.77. The molecule has 11 nitrogen and oxygen atoms in total. The van der Waals surface area contributed by atoms with E-state index in [2.05, 4.69) is 16.0 Å². The van der Waals surface area contributed by atoms with Gasteiger partial charge in [-0.3, -0.25) is 19.2 Å². The lowest BCUT2D eigenvalue weighted by atomic mass is 9.88. The van der Waals surface area contributed by atoms with E-state index in [1.165, 1.54) is 0 Å². The van der Waals surface area contributed by atoms with Crippen molar-refractivity contribution in [3.8, 4) is 0 Å². The maximum Gasteiger partial charge on any atom is 0.222 e. The van der Waals surface area contributed by atoms with Gasteiger partial charge in [0.1, 0.15) is 5.78 Å². The number of hydrogen-bond donors (Lipinski definition) is 3. The third-order valence-electron chi connectivity index (χ3n) is 6.28. The van der Waals surface area contributed by atoms with Crippen LogP contribution in [0.1, 0.15) is 72.6 Å². The van der Waals surface area contributed by atoms with Crippen molar-refractivity contribution >= 4 is 23.4 Å². The maximum absolute atomic E-state index is 12.5. The number of amides is 2. The van der Waals surface area contributed by atoms with E-state index in [-0.39, 0.29) is 54.1 Å². The highest BCUT2D eigenvalue weighted by molar-refractivity contribution is 5.89. The Morgan fingerprint density at radius 1 is 0.700 bits per heavy atom. The summed E-state index contributed by atoms with van der Waals surface area (Å²) >= 11 is 0. The van der Waals surface area contributed by atoms with Crippen LogP contribution >= 0.6 is 0 Å². The number of carbonyl (C=O) groups is 4. The second-order valence-electron chi connectivity index (χ2n) is 10.1. The Hall–Kier alpha value is -1.92. The summed E-state index contributed by atoms with van der Waals surface area (Å²) in [5.74, 6) is -0.0543. The van der Waals surface area contributed by atoms with Crippen molar-refractivity contribution in [3.05, 3.63) is 0 Å². The average molecular weight is 574 g/mol. The molecule has 11 heteroatoms. The van der Waals surface area contributed by atoms with E-state index in [0.29, 0.717) is 78.8 Å². The first kappa shape index (κ1) is 38.1. The molecule has 0 rings (SSSR count). The highest BCUT2D eigenvalue weighted by Gasteiger charge is 2.25. The number of Topliss-reactive ketones (excluding diaryl/α,β-unsaturated/α-hetero) is 2. The van der Waals surface area contributed by atoms with Crippen LogP contribution in [-0.2, 0) is 38.1 Å². The Labute approximate surface area is 241 Å². The van der Waals surface area contributed by atoms with Crippen LogP contribution in [0, 0.1) is 11.8 Å². The van der Waals surface area contributed by atoms with Gasteiger partial charge in [-0.05, 0) is 39.2 Å². The molecule has 0 aliphatic carbocycles. The van der Waals surface area contributed by atoms with Crippen LogP contribution in [0.25, 0.3) is 0 Å². The van der Waals surface area contributed by atoms with Crippen molar-refractivity contribution in [2.75, 3.05) is 73.0 Å². The number of nitrogens with one attached hydrogen (secondary N) is 3. The first-order chi connectivity index (χ1) is 19.2. The number of rotatable bonds is 28. The van der Waals surface area contributed by atoms with E-state index in [1.54, 1.807) is 14.0 Å². The smallest absolute Gasteiger partial charge is 0.222 e. The molecule has 0 saturated heterocycles. The molecule has 2 amide bonds. The molecule has 0 aromatic heterocycles. The van der Waals surface area contributed by atoms with Crippen molar-refractivity contribution in [1.29, 1.82) is 0 Å². The zero-order valence-corrected chi connectivity index (χ0v) is 25.5. The van der Waals surface area contributed by atoms with Gasteiger partial charge in [0.05, 0.1) is 58.9 Å². The number of unbranched alkanes of at least 4 members (excludes halogenated alkanes) is 1. The van der Waals surface area contributed by atoms with Gasteiger partial charge in [-0.25, -0.2) is 0 Å². The number of ether oxygens (including phenoxy) is 4. The quantitative estimate of drug-likeness (QED) is 0.120. The molecule has 0 saturated carbocycles. The molecule has 0 radical (unpaired) electrons. The predicted molar refractivity (Wildman–Crippen MR) is 154 cm³/mol. The van der Waals surface area contributed by atoms with Crippen LogP contribution < -0.4 is 16.0 Å². The van der Waals surface area contributed by atoms with Crippen LogP contribution in [0.2, 0.25) is 0 Å². The number of carbonyl (C=O) groups excluding carboxylic acids is 4. The van der Waals surface area contributed by atoms with Gasteiger partial charge in [-0.15, -0.1) is 0 Å². The first-order valence-electron chi connectivity index (χ1n) is 14.8. The van der Waals surface area contributed by atoms with Crippen LogP contribution in [-0.4, -0.2) is 102 Å². The Bertz CT molecular complexity index is 690. The zero-order valence-electron chi connectivity index (χ0n) is 25.5. The predicted octanol–water partition coefficient (Wildman–Crippen LogP) is 2.05. The molecule has 0 fully saturated rings. The Balaban J connectivity index is 3.61. The fraction of sp³-hybridized carbons (Fsp3) is 0.862. The molecule has 0 bridgehead atoms. The highest BCUT2D eigenvalue weighted by atomic mass is 16.6. The second kappa shape index (κ2) is 26.0. The third kappa shape index (κ3) is 21.8. The average Bonchev–Trinajstić information content (AvgIpc) is 2.91. The van der Waals surface area contributed by atoms with Crippen molar-refractivity contribution in [2.45, 2.75) is 78.7 Å². The second-order valence-corrected chi connectivity index (χ2v) is 10.1. The minimum absolute atomic E-state index is 0.00118. The van der Waals surface area contributed by atoms with Crippen LogP contribution in [0.4, 0.5) is 0 Å². The lowest BCUT2D eigenvalue weighted by Gasteiger charge is -2.21. The molecule has 0 unspecified atom stereocenters. The van der Waals surface area contributed by atoms with Gasteiger partial charge < -0.3 is 34.9 Å². The van der Waals surface area contributed by atoms with Crippen molar-refractivity contribution in [2.24, 2.45) is 11.8 Å². The normalized spacial score (nSPS) is 12.8. The summed E-state index contributed by atoms with van der Waals surface area (Å²) in [6, 6.07) is -0.233. The standard InChI is InChI=1S/C29H55N3O8/c1-6-12-31-27(35)10-14-37-16-18-39-20-21-40-19-17-38-15-11-28(36)32-13-8-7-9-25(24(4)33)22-26(34)29(30-5)23(2)3/h23,25,29-30H,6-22H2,1-5H3,(H,31,35)(H,32,36)/t25-,29+/m1/s1. The summed E-state index contributed by atoms with van der Waals surface area (Å²) in [5.41, 5.74) is 0. The minimum atomic E-state index is -0.269. The van der Waals surface area contributed by atoms with Gasteiger partial charge in [0.2, 0.25) is 11.8 Å². The molecular weight excluding hydrogens is 518 g/mol. The molecule has 0 spiro atoms. The van der Waals surface area contributed by atoms with Crippen LogP contribution in [0.3, 0.4) is 0 Å². The topological polar surface area (TPSA) is 141 Å². The number of ketones is 2. The Morgan fingerprint density at radius 3 is 1.60 bits per heavy atom. The highest BCUT2D eigenvalue weighted by Crippen LogP contribution is 2.17. The van der Waals surface area contributed by atoms with Gasteiger partial charge >= 0.3 is 0 Å². The summed E-state index contributed by atoms with van der Waals surface area (Å²) in [6.45, 7) is 12.0. The van der Waals surface area contributed by atoms with Crippen molar-refractivity contribution in [3.63, 3.8) is 0 Å². The van der Waals surface area contributed by atoms with Crippen molar-refractivity contribution in [1.82, 2.24) is 16.0 Å². The molecule has 3 N–H and O–H groups in total. The fourth-order valence-corrected chi connectivity index (χ4v) is 3.96. The lowest BCUT2D eigenvalue weighted by Crippen LogP contribution is -2.40. The summed E-state index contributed by atoms with van der Waals surface area (Å²) < 4.78 is 21.6. The summed E-state index contributed by atoms with van der Waals surface area (Å²) in [5, 5.41) is 8.70. The van der Waals surface area contributed by atoms with Crippen LogP contribution in [0.5, 0.6) is 0 Å². The van der Waals surface area contributed by atoms with E-state index in [0.717, 1.165) is 19.3 Å². The maximum atomic E-state index is 12.5. The first-order valence-corrected chi connectivity index (χ1v) is 14.8. The summed E-state index contributed by atoms with van der Waals surface area (Å²) in [6.07, 6.45) is 3.97. The van der Waals surface area contributed by atoms with Gasteiger partial charge in [0.15, 0.2) is 5.78 Å². The fourth-order valence-electron chi connectivity index (χ4n) is 3.96. The van der Waals surface area contributed by atoms with E-state index in [1.807, 2.05) is 20.8 Å². The Kier molecular flexibility index (Phi) is 24.8. The molecule has 0 aliphatic rings. The molecule has 234 valence electrons. The molecule has 40 heavy (non-hydrogen) atoms.